The van der Waals surface area contributed by atoms with Crippen molar-refractivity contribution in [3.8, 4) is 0 Å². The zero-order valence-electron chi connectivity index (χ0n) is 13.9. The summed E-state index contributed by atoms with van der Waals surface area (Å²) >= 11 is 0. The van der Waals surface area contributed by atoms with Crippen molar-refractivity contribution in [2.45, 2.75) is 64.3 Å². The molecule has 2 rings (SSSR count). The van der Waals surface area contributed by atoms with Gasteiger partial charge < -0.3 is 23.7 Å². The predicted octanol–water partition coefficient (Wildman–Crippen LogP) is 0.563. The minimum absolute atomic E-state index is 0.130. The molecule has 1 aliphatic carbocycles. The highest BCUT2D eigenvalue weighted by atomic mass is 16.8. The lowest BCUT2D eigenvalue weighted by Gasteiger charge is -2.39. The van der Waals surface area contributed by atoms with Crippen LogP contribution in [0.2, 0.25) is 0 Å². The van der Waals surface area contributed by atoms with Crippen LogP contribution >= 0.6 is 0 Å². The molecular weight excluding hydrogens is 308 g/mol. The van der Waals surface area contributed by atoms with E-state index in [1.165, 1.54) is 21.0 Å². The first-order valence-corrected chi connectivity index (χ1v) is 7.42. The lowest BCUT2D eigenvalue weighted by molar-refractivity contribution is -0.188. The highest BCUT2D eigenvalue weighted by molar-refractivity contribution is 5.75. The fourth-order valence-electron chi connectivity index (χ4n) is 3.16. The summed E-state index contributed by atoms with van der Waals surface area (Å²) in [7, 11) is 1.25. The zero-order valence-corrected chi connectivity index (χ0v) is 13.9. The molecule has 8 heteroatoms. The van der Waals surface area contributed by atoms with Crippen molar-refractivity contribution in [2.75, 3.05) is 7.11 Å². The maximum absolute atomic E-state index is 12.1. The molecule has 0 aromatic rings. The minimum Gasteiger partial charge on any atom is -0.469 e. The summed E-state index contributed by atoms with van der Waals surface area (Å²) < 4.78 is 27.0. The normalized spacial score (nSPS) is 35.1. The monoisotopic (exact) mass is 330 g/mol. The van der Waals surface area contributed by atoms with Gasteiger partial charge in [-0.2, -0.15) is 0 Å². The lowest BCUT2D eigenvalue weighted by atomic mass is 9.80. The number of carbonyl (C=O) groups excluding carboxylic acids is 3. The quantitative estimate of drug-likeness (QED) is 0.547. The van der Waals surface area contributed by atoms with Gasteiger partial charge in [-0.3, -0.25) is 14.4 Å². The Labute approximate surface area is 134 Å². The van der Waals surface area contributed by atoms with E-state index in [0.717, 1.165) is 0 Å². The number of hydrogen-bond acceptors (Lipinski definition) is 8. The molecule has 2 fully saturated rings. The maximum Gasteiger partial charge on any atom is 0.312 e. The summed E-state index contributed by atoms with van der Waals surface area (Å²) in [6, 6.07) is 0. The van der Waals surface area contributed by atoms with Crippen molar-refractivity contribution in [3.63, 3.8) is 0 Å². The molecule has 0 amide bonds. The standard InChI is InChI=1S/C15H22O8/c1-7(16)20-10-6-9(14(18)19-5)11(21-8(2)17)13-12(10)22-15(3,4)23-13/h9-13H,6H2,1-5H3/t9?,10-,11-,12+,13-/m1/s1. The number of hydrogen-bond donors (Lipinski definition) is 0. The van der Waals surface area contributed by atoms with E-state index in [1.807, 2.05) is 0 Å². The van der Waals surface area contributed by atoms with Crippen molar-refractivity contribution < 1.29 is 38.1 Å². The van der Waals surface area contributed by atoms with E-state index in [1.54, 1.807) is 13.8 Å². The second-order valence-electron chi connectivity index (χ2n) is 6.15. The van der Waals surface area contributed by atoms with Crippen LogP contribution in [0.4, 0.5) is 0 Å². The summed E-state index contributed by atoms with van der Waals surface area (Å²) in [5.41, 5.74) is 0. The Balaban J connectivity index is 2.34. The van der Waals surface area contributed by atoms with Crippen LogP contribution in [0, 0.1) is 5.92 Å². The van der Waals surface area contributed by atoms with Crippen LogP contribution in [0.25, 0.3) is 0 Å². The Kier molecular flexibility index (Phi) is 4.95. The van der Waals surface area contributed by atoms with Gasteiger partial charge in [-0.1, -0.05) is 0 Å². The van der Waals surface area contributed by atoms with Crippen LogP contribution in [0.5, 0.6) is 0 Å². The van der Waals surface area contributed by atoms with Gasteiger partial charge in [-0.05, 0) is 13.8 Å². The molecule has 130 valence electrons. The third-order valence-corrected chi connectivity index (χ3v) is 3.86. The molecule has 23 heavy (non-hydrogen) atoms. The molecule has 1 heterocycles. The van der Waals surface area contributed by atoms with Crippen LogP contribution < -0.4 is 0 Å². The second-order valence-corrected chi connectivity index (χ2v) is 6.15. The smallest absolute Gasteiger partial charge is 0.312 e. The molecule has 5 atom stereocenters. The third kappa shape index (κ3) is 3.81. The Morgan fingerprint density at radius 1 is 1.00 bits per heavy atom. The van der Waals surface area contributed by atoms with Gasteiger partial charge in [0.1, 0.15) is 30.3 Å². The Morgan fingerprint density at radius 3 is 2.09 bits per heavy atom. The SMILES string of the molecule is COC(=O)C1C[C@@H](OC(C)=O)[C@@H]2OC(C)(C)O[C@@H]2[C@@H]1OC(C)=O. The van der Waals surface area contributed by atoms with Crippen LogP contribution in [0.1, 0.15) is 34.1 Å². The van der Waals surface area contributed by atoms with Crippen LogP contribution in [-0.2, 0) is 38.1 Å². The van der Waals surface area contributed by atoms with Crippen molar-refractivity contribution in [2.24, 2.45) is 5.92 Å². The summed E-state index contributed by atoms with van der Waals surface area (Å²) in [5.74, 6) is -3.33. The van der Waals surface area contributed by atoms with Crippen molar-refractivity contribution in [3.05, 3.63) is 0 Å². The molecule has 1 aliphatic heterocycles. The largest absolute Gasteiger partial charge is 0.469 e. The second kappa shape index (κ2) is 6.45. The number of methoxy groups -OCH3 is 1. The Bertz CT molecular complexity index is 500. The van der Waals surface area contributed by atoms with Crippen LogP contribution in [0.15, 0.2) is 0 Å². The van der Waals surface area contributed by atoms with Gasteiger partial charge >= 0.3 is 17.9 Å². The van der Waals surface area contributed by atoms with Crippen molar-refractivity contribution in [1.82, 2.24) is 0 Å². The molecule has 1 unspecified atom stereocenters. The average molecular weight is 330 g/mol. The molecule has 0 bridgehead atoms. The van der Waals surface area contributed by atoms with E-state index in [-0.39, 0.29) is 6.42 Å². The van der Waals surface area contributed by atoms with Gasteiger partial charge in [0, 0.05) is 20.3 Å². The minimum atomic E-state index is -0.947. The van der Waals surface area contributed by atoms with Gasteiger partial charge in [0.2, 0.25) is 0 Å². The van der Waals surface area contributed by atoms with E-state index in [2.05, 4.69) is 0 Å². The molecule has 0 spiro atoms. The van der Waals surface area contributed by atoms with Gasteiger partial charge in [0.15, 0.2) is 5.79 Å². The number of carbonyl (C=O) groups is 3. The lowest BCUT2D eigenvalue weighted by Crippen LogP contribution is -2.56. The number of ether oxygens (including phenoxy) is 5. The van der Waals surface area contributed by atoms with Gasteiger partial charge in [-0.15, -0.1) is 0 Å². The Morgan fingerprint density at radius 2 is 1.57 bits per heavy atom. The van der Waals surface area contributed by atoms with E-state index in [9.17, 15) is 14.4 Å². The van der Waals surface area contributed by atoms with Gasteiger partial charge in [0.05, 0.1) is 7.11 Å². The number of fused-ring (bicyclic) bond motifs is 1. The van der Waals surface area contributed by atoms with Crippen LogP contribution in [0.3, 0.4) is 0 Å². The summed E-state index contributed by atoms with van der Waals surface area (Å²) in [4.78, 5) is 34.9. The first-order chi connectivity index (χ1) is 10.6. The number of esters is 3. The highest BCUT2D eigenvalue weighted by Crippen LogP contribution is 2.42. The van der Waals surface area contributed by atoms with Crippen molar-refractivity contribution in [1.29, 1.82) is 0 Å². The maximum atomic E-state index is 12.1. The summed E-state index contributed by atoms with van der Waals surface area (Å²) in [6.07, 6.45) is -2.77. The van der Waals surface area contributed by atoms with Crippen LogP contribution in [-0.4, -0.2) is 55.2 Å². The number of rotatable bonds is 3. The zero-order chi connectivity index (χ0) is 17.4. The molecule has 2 aliphatic rings. The van der Waals surface area contributed by atoms with E-state index >= 15 is 0 Å². The summed E-state index contributed by atoms with van der Waals surface area (Å²) in [6.45, 7) is 5.94. The third-order valence-electron chi connectivity index (χ3n) is 3.86. The highest BCUT2D eigenvalue weighted by Gasteiger charge is 2.58. The average Bonchev–Trinajstić information content (AvgIpc) is 2.75. The fraction of sp³-hybridized carbons (Fsp3) is 0.800. The van der Waals surface area contributed by atoms with E-state index < -0.39 is 54.0 Å². The molecule has 0 aromatic carbocycles. The Hall–Kier alpha value is -1.67. The topological polar surface area (TPSA) is 97.4 Å². The van der Waals surface area contributed by atoms with Gasteiger partial charge in [-0.25, -0.2) is 0 Å². The summed E-state index contributed by atoms with van der Waals surface area (Å²) in [5, 5.41) is 0. The predicted molar refractivity (Wildman–Crippen MR) is 75.1 cm³/mol. The molecule has 0 radical (unpaired) electrons. The molecule has 1 saturated carbocycles. The molecular formula is C15H22O8. The van der Waals surface area contributed by atoms with E-state index in [4.69, 9.17) is 23.7 Å². The fourth-order valence-corrected chi connectivity index (χ4v) is 3.16. The first-order valence-electron chi connectivity index (χ1n) is 7.42. The van der Waals surface area contributed by atoms with Gasteiger partial charge in [0.25, 0.3) is 0 Å². The molecule has 0 aromatic heterocycles. The first kappa shape index (κ1) is 17.7. The molecule has 0 N–H and O–H groups in total. The van der Waals surface area contributed by atoms with E-state index in [0.29, 0.717) is 0 Å². The molecule has 8 nitrogen and oxygen atoms in total. The molecule has 1 saturated heterocycles. The van der Waals surface area contributed by atoms with Crippen molar-refractivity contribution >= 4 is 17.9 Å².